The lowest BCUT2D eigenvalue weighted by molar-refractivity contribution is -0.119. The van der Waals surface area contributed by atoms with Gasteiger partial charge in [0, 0.05) is 44.8 Å². The Kier molecular flexibility index (Phi) is 5.51. The van der Waals surface area contributed by atoms with E-state index in [-0.39, 0.29) is 11.8 Å². The number of nitrogens with zero attached hydrogens (tertiary/aromatic N) is 4. The Bertz CT molecular complexity index is 1810. The number of aryl methyl sites for hydroxylation is 1. The molecule has 0 saturated heterocycles. The zero-order valence-corrected chi connectivity index (χ0v) is 21.6. The molecule has 3 N–H and O–H groups in total. The summed E-state index contributed by atoms with van der Waals surface area (Å²) in [5.41, 5.74) is 6.82. The first-order valence-corrected chi connectivity index (χ1v) is 13.6. The minimum atomic E-state index is 0.0779. The predicted octanol–water partition coefficient (Wildman–Crippen LogP) is 6.73. The second-order valence-electron chi connectivity index (χ2n) is 9.82. The quantitative estimate of drug-likeness (QED) is 0.234. The molecule has 1 aliphatic carbocycles. The van der Waals surface area contributed by atoms with E-state index in [1.807, 2.05) is 24.3 Å². The fourth-order valence-corrected chi connectivity index (χ4v) is 6.16. The lowest BCUT2D eigenvalue weighted by atomic mass is 10.1. The van der Waals surface area contributed by atoms with Gasteiger partial charge in [0.1, 0.15) is 5.69 Å². The van der Waals surface area contributed by atoms with Gasteiger partial charge in [-0.2, -0.15) is 5.10 Å². The summed E-state index contributed by atoms with van der Waals surface area (Å²) in [7, 11) is 0. The predicted molar refractivity (Wildman–Crippen MR) is 151 cm³/mol. The van der Waals surface area contributed by atoms with Gasteiger partial charge < -0.3 is 10.3 Å². The van der Waals surface area contributed by atoms with Crippen molar-refractivity contribution >= 4 is 45.0 Å². The number of pyridine rings is 2. The molecule has 0 radical (unpaired) electrons. The van der Waals surface area contributed by atoms with Crippen LogP contribution in [0.25, 0.3) is 55.2 Å². The molecule has 7 rings (SSSR count). The van der Waals surface area contributed by atoms with E-state index in [0.717, 1.165) is 64.5 Å². The van der Waals surface area contributed by atoms with Crippen LogP contribution in [-0.2, 0) is 4.79 Å². The Balaban J connectivity index is 1.24. The molecule has 6 aromatic rings. The van der Waals surface area contributed by atoms with Crippen LogP contribution in [0.3, 0.4) is 0 Å². The number of anilines is 1. The Labute approximate surface area is 222 Å². The first kappa shape index (κ1) is 22.8. The molecule has 0 bridgehead atoms. The van der Waals surface area contributed by atoms with Crippen molar-refractivity contribution < 1.29 is 4.79 Å². The average molecular weight is 520 g/mol. The van der Waals surface area contributed by atoms with E-state index >= 15 is 0 Å². The largest absolute Gasteiger partial charge is 0.337 e. The van der Waals surface area contributed by atoms with Gasteiger partial charge in [0.05, 0.1) is 28.3 Å². The molecule has 0 atom stereocenters. The number of benzene rings is 1. The van der Waals surface area contributed by atoms with Gasteiger partial charge in [-0.1, -0.05) is 25.0 Å². The number of imidazole rings is 1. The van der Waals surface area contributed by atoms with Gasteiger partial charge in [-0.25, -0.2) is 9.97 Å². The molecule has 1 aromatic carbocycles. The number of para-hydroxylation sites is 1. The van der Waals surface area contributed by atoms with E-state index in [1.54, 1.807) is 29.9 Å². The van der Waals surface area contributed by atoms with Gasteiger partial charge in [-0.15, -0.1) is 11.3 Å². The highest BCUT2D eigenvalue weighted by molar-refractivity contribution is 7.15. The molecular formula is C29H25N7OS. The third-order valence-corrected chi connectivity index (χ3v) is 8.26. The number of fused-ring (bicyclic) bond motifs is 2. The van der Waals surface area contributed by atoms with Crippen molar-refractivity contribution in [2.45, 2.75) is 32.6 Å². The van der Waals surface area contributed by atoms with Crippen molar-refractivity contribution in [3.05, 3.63) is 65.9 Å². The number of aromatic amines is 2. The topological polar surface area (TPSA) is 112 Å². The van der Waals surface area contributed by atoms with Gasteiger partial charge in [0.2, 0.25) is 5.91 Å². The van der Waals surface area contributed by atoms with E-state index < -0.39 is 0 Å². The highest BCUT2D eigenvalue weighted by Gasteiger charge is 2.23. The van der Waals surface area contributed by atoms with Crippen molar-refractivity contribution in [3.8, 4) is 33.1 Å². The van der Waals surface area contributed by atoms with E-state index in [1.165, 1.54) is 9.75 Å². The maximum Gasteiger partial charge on any atom is 0.227 e. The lowest BCUT2D eigenvalue weighted by Gasteiger charge is -2.11. The third kappa shape index (κ3) is 4.05. The molecule has 0 aliphatic heterocycles. The summed E-state index contributed by atoms with van der Waals surface area (Å²) in [4.78, 5) is 32.5. The monoisotopic (exact) mass is 519 g/mol. The minimum absolute atomic E-state index is 0.0779. The summed E-state index contributed by atoms with van der Waals surface area (Å²) in [6, 6.07) is 14.4. The number of hydrogen-bond acceptors (Lipinski definition) is 6. The van der Waals surface area contributed by atoms with Gasteiger partial charge in [-0.05, 0) is 50.1 Å². The number of carbonyl (C=O) groups excluding carboxylic acids is 1. The summed E-state index contributed by atoms with van der Waals surface area (Å²) >= 11 is 1.76. The molecule has 9 heteroatoms. The Hall–Kier alpha value is -4.37. The van der Waals surface area contributed by atoms with Crippen LogP contribution in [0.5, 0.6) is 0 Å². The van der Waals surface area contributed by atoms with E-state index in [9.17, 15) is 4.79 Å². The Morgan fingerprint density at radius 1 is 1.05 bits per heavy atom. The number of amides is 1. The van der Waals surface area contributed by atoms with Gasteiger partial charge in [0.15, 0.2) is 11.5 Å². The minimum Gasteiger partial charge on any atom is -0.337 e. The van der Waals surface area contributed by atoms with Crippen molar-refractivity contribution in [2.75, 3.05) is 5.32 Å². The molecule has 188 valence electrons. The van der Waals surface area contributed by atoms with Crippen molar-refractivity contribution in [2.24, 2.45) is 5.92 Å². The lowest BCUT2D eigenvalue weighted by Crippen LogP contribution is -2.20. The number of nitrogens with one attached hydrogen (secondary N) is 3. The maximum atomic E-state index is 12.6. The second-order valence-corrected chi connectivity index (χ2v) is 11.1. The number of thiophene rings is 1. The highest BCUT2D eigenvalue weighted by Crippen LogP contribution is 2.35. The molecule has 8 nitrogen and oxygen atoms in total. The van der Waals surface area contributed by atoms with Crippen LogP contribution < -0.4 is 5.32 Å². The Morgan fingerprint density at radius 3 is 2.76 bits per heavy atom. The number of hydrogen-bond donors (Lipinski definition) is 3. The molecule has 0 spiro atoms. The fraction of sp³-hybridized carbons (Fsp3) is 0.207. The molecule has 38 heavy (non-hydrogen) atoms. The molecule has 5 aromatic heterocycles. The highest BCUT2D eigenvalue weighted by atomic mass is 32.1. The van der Waals surface area contributed by atoms with Crippen LogP contribution >= 0.6 is 11.3 Å². The van der Waals surface area contributed by atoms with E-state index in [4.69, 9.17) is 4.98 Å². The van der Waals surface area contributed by atoms with Crippen LogP contribution in [0.4, 0.5) is 5.69 Å². The van der Waals surface area contributed by atoms with Gasteiger partial charge in [0.25, 0.3) is 0 Å². The standard InChI is InChI=1S/C29H25N7OS/c1-16-9-10-24(38-16)21-7-4-8-23-25(21)34-28(33-23)26-22-12-19(14-31-27(22)36-35-26)18-11-20(15-30-13-18)32-29(37)17-5-2-3-6-17/h4,7-15,17H,2-3,5-6H2,1H3,(H,32,37)(H,33,34)(H,31,35,36). The van der Waals surface area contributed by atoms with Crippen molar-refractivity contribution in [1.29, 1.82) is 0 Å². The summed E-state index contributed by atoms with van der Waals surface area (Å²) in [5, 5.41) is 11.4. The summed E-state index contributed by atoms with van der Waals surface area (Å²) in [5.74, 6) is 0.880. The first-order chi connectivity index (χ1) is 18.6. The van der Waals surface area contributed by atoms with Crippen molar-refractivity contribution in [1.82, 2.24) is 30.1 Å². The Morgan fingerprint density at radius 2 is 1.92 bits per heavy atom. The van der Waals surface area contributed by atoms with Crippen molar-refractivity contribution in [3.63, 3.8) is 0 Å². The van der Waals surface area contributed by atoms with E-state index in [0.29, 0.717) is 17.2 Å². The summed E-state index contributed by atoms with van der Waals surface area (Å²) < 4.78 is 0. The molecular weight excluding hydrogens is 494 g/mol. The zero-order valence-electron chi connectivity index (χ0n) is 20.8. The second kappa shape index (κ2) is 9.18. The SMILES string of the molecule is Cc1ccc(-c2cccc3[nH]c(-c4[nH]nc5ncc(-c6cncc(NC(=O)C7CCCC7)c6)cc45)nc23)s1. The van der Waals surface area contributed by atoms with Crippen LogP contribution in [0.15, 0.2) is 61.1 Å². The first-order valence-electron chi connectivity index (χ1n) is 12.8. The average Bonchev–Trinajstić information content (AvgIpc) is 3.74. The summed E-state index contributed by atoms with van der Waals surface area (Å²) in [6.07, 6.45) is 9.40. The van der Waals surface area contributed by atoms with Gasteiger partial charge >= 0.3 is 0 Å². The number of H-pyrrole nitrogens is 2. The molecule has 1 fully saturated rings. The van der Waals surface area contributed by atoms with Crippen LogP contribution in [0.2, 0.25) is 0 Å². The molecule has 1 amide bonds. The van der Waals surface area contributed by atoms with Gasteiger partial charge in [-0.3, -0.25) is 14.9 Å². The molecule has 1 aliphatic rings. The summed E-state index contributed by atoms with van der Waals surface area (Å²) in [6.45, 7) is 2.11. The van der Waals surface area contributed by atoms with E-state index in [2.05, 4.69) is 55.6 Å². The fourth-order valence-electron chi connectivity index (χ4n) is 5.27. The van der Waals surface area contributed by atoms with Crippen LogP contribution in [0, 0.1) is 12.8 Å². The molecule has 1 saturated carbocycles. The molecule has 0 unspecified atom stereocenters. The number of carbonyl (C=O) groups is 1. The molecule has 5 heterocycles. The van der Waals surface area contributed by atoms with Crippen LogP contribution in [-0.4, -0.2) is 36.0 Å². The number of aromatic nitrogens is 6. The smallest absolute Gasteiger partial charge is 0.227 e. The van der Waals surface area contributed by atoms with Crippen LogP contribution in [0.1, 0.15) is 30.6 Å². The zero-order chi connectivity index (χ0) is 25.6. The number of rotatable bonds is 5. The normalized spacial score (nSPS) is 14.0. The third-order valence-electron chi connectivity index (χ3n) is 7.23. The maximum absolute atomic E-state index is 12.6.